The molecule has 4 aromatic rings. The van der Waals surface area contributed by atoms with Crippen LogP contribution < -0.4 is 19.6 Å². The van der Waals surface area contributed by atoms with Crippen molar-refractivity contribution in [1.82, 2.24) is 14.6 Å². The summed E-state index contributed by atoms with van der Waals surface area (Å²) in [5.41, 5.74) is 2.58. The molecule has 154 valence electrons. The van der Waals surface area contributed by atoms with E-state index in [-0.39, 0.29) is 11.7 Å². The van der Waals surface area contributed by atoms with E-state index in [9.17, 15) is 4.79 Å². The first kappa shape index (κ1) is 19.3. The number of para-hydroxylation sites is 1. The molecule has 0 bridgehead atoms. The summed E-state index contributed by atoms with van der Waals surface area (Å²) in [4.78, 5) is 18.0. The second-order valence-corrected chi connectivity index (χ2v) is 8.12. The van der Waals surface area contributed by atoms with E-state index in [1.807, 2.05) is 61.5 Å². The van der Waals surface area contributed by atoms with Crippen molar-refractivity contribution < 1.29 is 9.47 Å². The van der Waals surface area contributed by atoms with Gasteiger partial charge in [0, 0.05) is 11.1 Å². The van der Waals surface area contributed by atoms with Crippen LogP contribution in [0.1, 0.15) is 12.5 Å². The van der Waals surface area contributed by atoms with Gasteiger partial charge < -0.3 is 9.47 Å². The van der Waals surface area contributed by atoms with Gasteiger partial charge in [0.15, 0.2) is 5.82 Å². The fourth-order valence-corrected chi connectivity index (χ4v) is 4.29. The molecule has 0 saturated carbocycles. The summed E-state index contributed by atoms with van der Waals surface area (Å²) in [6.45, 7) is 6.06. The quantitative estimate of drug-likeness (QED) is 0.452. The number of rotatable bonds is 5. The molecule has 2 aromatic heterocycles. The highest BCUT2D eigenvalue weighted by Crippen LogP contribution is 2.29. The molecule has 1 aliphatic heterocycles. The Kier molecular flexibility index (Phi) is 4.88. The topological polar surface area (TPSA) is 65.7 Å². The van der Waals surface area contributed by atoms with Gasteiger partial charge in [-0.15, -0.1) is 5.10 Å². The summed E-state index contributed by atoms with van der Waals surface area (Å²) >= 11 is 1.32. The van der Waals surface area contributed by atoms with Crippen molar-refractivity contribution in [2.75, 3.05) is 6.61 Å². The Morgan fingerprint density at radius 2 is 2.03 bits per heavy atom. The Labute approximate surface area is 182 Å². The molecular formula is C24H19N3O3S. The number of benzene rings is 2. The first-order valence-corrected chi connectivity index (χ1v) is 10.7. The number of aromatic nitrogens is 3. The smallest absolute Gasteiger partial charge is 0.291 e. The van der Waals surface area contributed by atoms with E-state index in [2.05, 4.69) is 22.7 Å². The van der Waals surface area contributed by atoms with E-state index < -0.39 is 0 Å². The zero-order valence-electron chi connectivity index (χ0n) is 16.8. The number of fused-ring (bicyclic) bond motifs is 2. The fourth-order valence-electron chi connectivity index (χ4n) is 3.38. The summed E-state index contributed by atoms with van der Waals surface area (Å²) in [6, 6.07) is 15.3. The molecule has 31 heavy (non-hydrogen) atoms. The number of thiazole rings is 1. The minimum atomic E-state index is -0.184. The summed E-state index contributed by atoms with van der Waals surface area (Å²) in [5.74, 6) is 2.10. The largest absolute Gasteiger partial charge is 0.490 e. The predicted octanol–water partition coefficient (Wildman–Crippen LogP) is 3.75. The average Bonchev–Trinajstić information content (AvgIpc) is 3.32. The minimum Gasteiger partial charge on any atom is -0.490 e. The fraction of sp³-hybridized carbons (Fsp3) is 0.125. The van der Waals surface area contributed by atoms with Crippen LogP contribution in [0.4, 0.5) is 0 Å². The lowest BCUT2D eigenvalue weighted by Gasteiger charge is -2.22. The zero-order chi connectivity index (χ0) is 21.4. The Balaban J connectivity index is 1.48. The van der Waals surface area contributed by atoms with Crippen molar-refractivity contribution >= 4 is 28.4 Å². The molecule has 1 aliphatic rings. The van der Waals surface area contributed by atoms with Crippen LogP contribution >= 0.6 is 11.3 Å². The van der Waals surface area contributed by atoms with Gasteiger partial charge in [-0.1, -0.05) is 42.2 Å². The van der Waals surface area contributed by atoms with Crippen LogP contribution in [0.15, 0.2) is 71.6 Å². The van der Waals surface area contributed by atoms with Crippen LogP contribution in [0.3, 0.4) is 0 Å². The van der Waals surface area contributed by atoms with Gasteiger partial charge in [-0.3, -0.25) is 4.79 Å². The van der Waals surface area contributed by atoms with Gasteiger partial charge in [-0.2, -0.15) is 9.50 Å². The van der Waals surface area contributed by atoms with Gasteiger partial charge in [0.1, 0.15) is 24.2 Å². The van der Waals surface area contributed by atoms with E-state index >= 15 is 0 Å². The van der Waals surface area contributed by atoms with E-state index in [1.165, 1.54) is 15.9 Å². The molecular weight excluding hydrogens is 410 g/mol. The van der Waals surface area contributed by atoms with Crippen LogP contribution in [-0.2, 0) is 0 Å². The lowest BCUT2D eigenvalue weighted by Crippen LogP contribution is -2.26. The first-order chi connectivity index (χ1) is 15.1. The molecule has 0 fully saturated rings. The molecule has 0 radical (unpaired) electrons. The van der Waals surface area contributed by atoms with Crippen molar-refractivity contribution in [2.24, 2.45) is 0 Å². The predicted molar refractivity (Wildman–Crippen MR) is 122 cm³/mol. The Morgan fingerprint density at radius 3 is 2.81 bits per heavy atom. The highest BCUT2D eigenvalue weighted by molar-refractivity contribution is 7.15. The molecule has 0 aliphatic carbocycles. The molecule has 5 rings (SSSR count). The van der Waals surface area contributed by atoms with E-state index in [0.29, 0.717) is 21.9 Å². The van der Waals surface area contributed by atoms with Gasteiger partial charge in [0.05, 0.1) is 4.53 Å². The maximum atomic E-state index is 12.9. The van der Waals surface area contributed by atoms with Gasteiger partial charge in [-0.05, 0) is 55.0 Å². The third-order valence-electron chi connectivity index (χ3n) is 4.97. The second kappa shape index (κ2) is 7.85. The molecule has 2 aromatic carbocycles. The molecule has 6 nitrogen and oxygen atoms in total. The number of ether oxygens (including phenoxy) is 2. The van der Waals surface area contributed by atoms with Crippen LogP contribution in [0, 0.1) is 0 Å². The summed E-state index contributed by atoms with van der Waals surface area (Å²) in [6.07, 6.45) is 5.47. The monoisotopic (exact) mass is 429 g/mol. The molecule has 0 N–H and O–H groups in total. The zero-order valence-corrected chi connectivity index (χ0v) is 17.6. The third-order valence-corrected chi connectivity index (χ3v) is 5.93. The van der Waals surface area contributed by atoms with Gasteiger partial charge >= 0.3 is 0 Å². The highest BCUT2D eigenvalue weighted by Gasteiger charge is 2.18. The normalized spacial score (nSPS) is 16.0. The maximum Gasteiger partial charge on any atom is 0.291 e. The van der Waals surface area contributed by atoms with Crippen LogP contribution in [0.25, 0.3) is 28.5 Å². The number of hydrogen-bond acceptors (Lipinski definition) is 6. The molecule has 7 heteroatoms. The molecule has 0 saturated heterocycles. The van der Waals surface area contributed by atoms with Crippen LogP contribution in [0.2, 0.25) is 0 Å². The van der Waals surface area contributed by atoms with Crippen LogP contribution in [-0.4, -0.2) is 27.3 Å². The van der Waals surface area contributed by atoms with Crippen molar-refractivity contribution in [2.45, 2.75) is 13.0 Å². The van der Waals surface area contributed by atoms with Crippen molar-refractivity contribution in [3.63, 3.8) is 0 Å². The lowest BCUT2D eigenvalue weighted by atomic mass is 10.0. The summed E-state index contributed by atoms with van der Waals surface area (Å²) in [5, 5.41) is 4.42. The van der Waals surface area contributed by atoms with Crippen LogP contribution in [0.5, 0.6) is 11.5 Å². The molecule has 0 spiro atoms. The average molecular weight is 430 g/mol. The Morgan fingerprint density at radius 1 is 1.23 bits per heavy atom. The number of nitrogens with zero attached hydrogens (tertiary/aromatic N) is 3. The molecule has 0 amide bonds. The summed E-state index contributed by atoms with van der Waals surface area (Å²) in [7, 11) is 0. The van der Waals surface area contributed by atoms with Crippen molar-refractivity contribution in [3.8, 4) is 22.9 Å². The van der Waals surface area contributed by atoms with Gasteiger partial charge in [0.25, 0.3) is 5.56 Å². The first-order valence-electron chi connectivity index (χ1n) is 9.85. The molecule has 0 unspecified atom stereocenters. The Hall–Kier alpha value is -3.71. The minimum absolute atomic E-state index is 0.144. The van der Waals surface area contributed by atoms with Crippen molar-refractivity contribution in [1.29, 1.82) is 0 Å². The molecule has 1 atom stereocenters. The Bertz CT molecular complexity index is 1420. The second-order valence-electron chi connectivity index (χ2n) is 7.11. The maximum absolute atomic E-state index is 12.9. The van der Waals surface area contributed by atoms with E-state index in [4.69, 9.17) is 9.47 Å². The van der Waals surface area contributed by atoms with Crippen molar-refractivity contribution in [3.05, 3.63) is 87.2 Å². The van der Waals surface area contributed by atoms with Gasteiger partial charge in [0.2, 0.25) is 4.96 Å². The molecule has 3 heterocycles. The highest BCUT2D eigenvalue weighted by atomic mass is 32.1. The van der Waals surface area contributed by atoms with E-state index in [0.717, 1.165) is 28.2 Å². The number of hydrogen-bond donors (Lipinski definition) is 0. The lowest BCUT2D eigenvalue weighted by molar-refractivity contribution is 0.259. The van der Waals surface area contributed by atoms with E-state index in [1.54, 1.807) is 6.08 Å². The third kappa shape index (κ3) is 3.64. The standard InChI is InChI=1S/C24H19N3O3S/c1-3-12-29-19-10-8-16(9-11-19)22-25-24-27(26-22)23(28)21(31-24)14-18-13-17-6-4-5-7-20(17)30-15(18)2/h3-11,13-15H,1,12H2,2H3/b21-14+/t15-/m0/s1. The van der Waals surface area contributed by atoms with Gasteiger partial charge in [-0.25, -0.2) is 0 Å². The SMILES string of the molecule is C=CCOc1ccc(-c2nc3s/c(=C/C4=Cc5ccccc5O[C@H]4C)c(=O)n3n2)cc1. The summed E-state index contributed by atoms with van der Waals surface area (Å²) < 4.78 is 13.4.